The minimum Gasteiger partial charge on any atom is -0.478 e. The van der Waals surface area contributed by atoms with Crippen LogP contribution in [-0.2, 0) is 14.2 Å². The van der Waals surface area contributed by atoms with Gasteiger partial charge in [0.1, 0.15) is 48.8 Å². The molecule has 13 nitrogen and oxygen atoms in total. The normalized spacial score (nSPS) is 40.1. The van der Waals surface area contributed by atoms with E-state index in [0.29, 0.717) is 5.69 Å². The molecule has 0 unspecified atom stereocenters. The van der Waals surface area contributed by atoms with Crippen LogP contribution in [0.25, 0.3) is 0 Å². The number of carboxylic acids is 1. The Labute approximate surface area is 182 Å². The van der Waals surface area contributed by atoms with Crippen LogP contribution in [0.15, 0.2) is 24.3 Å². The van der Waals surface area contributed by atoms with Crippen LogP contribution in [0.3, 0.4) is 0 Å². The summed E-state index contributed by atoms with van der Waals surface area (Å²) < 4.78 is 16.3. The quantitative estimate of drug-likeness (QED) is 0.192. The molecular weight excluding hydrogens is 434 g/mol. The van der Waals surface area contributed by atoms with Crippen LogP contribution in [0.5, 0.6) is 0 Å². The van der Waals surface area contributed by atoms with Crippen molar-refractivity contribution in [2.45, 2.75) is 61.3 Å². The van der Waals surface area contributed by atoms with Crippen molar-refractivity contribution in [3.05, 3.63) is 29.8 Å². The smallest absolute Gasteiger partial charge is 0.335 e. The van der Waals surface area contributed by atoms with Gasteiger partial charge in [0.2, 0.25) is 0 Å². The third-order valence-electron chi connectivity index (χ3n) is 5.44. The lowest BCUT2D eigenvalue weighted by atomic mass is 9.96. The third-order valence-corrected chi connectivity index (χ3v) is 5.44. The molecule has 0 saturated carbocycles. The fourth-order valence-corrected chi connectivity index (χ4v) is 3.58. The van der Waals surface area contributed by atoms with Crippen molar-refractivity contribution in [3.63, 3.8) is 0 Å². The van der Waals surface area contributed by atoms with Gasteiger partial charge in [0, 0.05) is 5.69 Å². The maximum atomic E-state index is 10.9. The second-order valence-electron chi connectivity index (χ2n) is 7.58. The Morgan fingerprint density at radius 2 is 1.47 bits per heavy atom. The molecule has 0 bridgehead atoms. The first-order chi connectivity index (χ1) is 15.2. The first kappa shape index (κ1) is 24.7. The van der Waals surface area contributed by atoms with Gasteiger partial charge in [-0.3, -0.25) is 0 Å². The number of anilines is 1. The predicted octanol–water partition coefficient (Wildman–Crippen LogP) is -3.58. The molecule has 2 aliphatic heterocycles. The molecule has 13 heteroatoms. The lowest BCUT2D eigenvalue weighted by Crippen LogP contribution is -2.65. The van der Waals surface area contributed by atoms with E-state index in [0.717, 1.165) is 0 Å². The summed E-state index contributed by atoms with van der Waals surface area (Å²) in [6, 6.07) is 5.50. The van der Waals surface area contributed by atoms with Crippen molar-refractivity contribution in [2.75, 3.05) is 18.5 Å². The number of aliphatic hydroxyl groups is 7. The van der Waals surface area contributed by atoms with E-state index >= 15 is 0 Å². The molecule has 2 fully saturated rings. The summed E-state index contributed by atoms with van der Waals surface area (Å²) in [5, 5.41) is 81.6. The third kappa shape index (κ3) is 5.02. The lowest BCUT2D eigenvalue weighted by molar-refractivity contribution is -0.340. The first-order valence-electron chi connectivity index (χ1n) is 9.86. The zero-order valence-electron chi connectivity index (χ0n) is 16.7. The summed E-state index contributed by atoms with van der Waals surface area (Å²) in [6.45, 7) is -1.35. The maximum absolute atomic E-state index is 10.9. The highest BCUT2D eigenvalue weighted by Crippen LogP contribution is 2.29. The largest absolute Gasteiger partial charge is 0.478 e. The van der Waals surface area contributed by atoms with E-state index in [1.807, 2.05) is 0 Å². The van der Waals surface area contributed by atoms with Gasteiger partial charge < -0.3 is 60.4 Å². The van der Waals surface area contributed by atoms with Crippen LogP contribution in [0, 0.1) is 0 Å². The number of aliphatic hydroxyl groups excluding tert-OH is 7. The van der Waals surface area contributed by atoms with Gasteiger partial charge in [0.05, 0.1) is 18.8 Å². The maximum Gasteiger partial charge on any atom is 0.335 e. The molecule has 180 valence electrons. The van der Waals surface area contributed by atoms with Crippen LogP contribution in [0.1, 0.15) is 10.4 Å². The molecule has 10 atom stereocenters. The molecule has 1 aromatic rings. The van der Waals surface area contributed by atoms with Crippen LogP contribution < -0.4 is 5.32 Å². The molecule has 0 aliphatic carbocycles. The Bertz CT molecular complexity index is 759. The van der Waals surface area contributed by atoms with Gasteiger partial charge in [-0.05, 0) is 24.3 Å². The molecular formula is C19H27NO12. The Morgan fingerprint density at radius 1 is 0.844 bits per heavy atom. The minimum atomic E-state index is -1.75. The highest BCUT2D eigenvalue weighted by atomic mass is 16.7. The van der Waals surface area contributed by atoms with E-state index < -0.39 is 80.5 Å². The highest BCUT2D eigenvalue weighted by molar-refractivity contribution is 5.88. The number of ether oxygens (including phenoxy) is 3. The summed E-state index contributed by atoms with van der Waals surface area (Å²) >= 11 is 0. The van der Waals surface area contributed by atoms with Crippen LogP contribution in [0.2, 0.25) is 0 Å². The van der Waals surface area contributed by atoms with Crippen molar-refractivity contribution in [1.29, 1.82) is 0 Å². The highest BCUT2D eigenvalue weighted by Gasteiger charge is 2.50. The second kappa shape index (κ2) is 10.4. The van der Waals surface area contributed by atoms with Gasteiger partial charge in [-0.15, -0.1) is 0 Å². The second-order valence-corrected chi connectivity index (χ2v) is 7.58. The zero-order valence-corrected chi connectivity index (χ0v) is 16.7. The molecule has 0 radical (unpaired) electrons. The average molecular weight is 461 g/mol. The van der Waals surface area contributed by atoms with Gasteiger partial charge in [-0.25, -0.2) is 4.79 Å². The van der Waals surface area contributed by atoms with Crippen molar-refractivity contribution in [2.24, 2.45) is 0 Å². The fourth-order valence-electron chi connectivity index (χ4n) is 3.58. The van der Waals surface area contributed by atoms with Crippen molar-refractivity contribution >= 4 is 11.7 Å². The molecule has 9 N–H and O–H groups in total. The SMILES string of the molecule is O=C(O)c1ccc(N[C@H]2O[C@H](CO)[C@@H](O[C@H]3O[C@@H](CO)[C@H](O)[C@@H](O)[C@@H]3O)[C@H](O)[C@@H]2O)cc1. The van der Waals surface area contributed by atoms with Gasteiger partial charge >= 0.3 is 5.97 Å². The summed E-state index contributed by atoms with van der Waals surface area (Å²) in [7, 11) is 0. The van der Waals surface area contributed by atoms with E-state index in [4.69, 9.17) is 19.3 Å². The molecule has 1 aromatic carbocycles. The Balaban J connectivity index is 1.70. The van der Waals surface area contributed by atoms with Gasteiger partial charge in [-0.2, -0.15) is 0 Å². The van der Waals surface area contributed by atoms with E-state index in [-0.39, 0.29) is 5.56 Å². The number of aromatic carboxylic acids is 1. The minimum absolute atomic E-state index is 0.0434. The van der Waals surface area contributed by atoms with Crippen LogP contribution >= 0.6 is 0 Å². The standard InChI is InChI=1S/C19H27NO12/c21-5-9-11(23)12(24)15(27)19(31-9)32-16-10(6-22)30-17(14(26)13(16)25)20-8-3-1-7(2-4-8)18(28)29/h1-4,9-17,19-27H,5-6H2,(H,28,29)/t9-,10+,11-,12+,13+,14-,15-,16+,17-,19+/m0/s1. The van der Waals surface area contributed by atoms with E-state index in [9.17, 15) is 40.5 Å². The fraction of sp³-hybridized carbons (Fsp3) is 0.632. The van der Waals surface area contributed by atoms with Gasteiger partial charge in [0.15, 0.2) is 12.5 Å². The summed E-state index contributed by atoms with van der Waals surface area (Å²) in [5.74, 6) is -1.12. The van der Waals surface area contributed by atoms with Gasteiger partial charge in [-0.1, -0.05) is 0 Å². The van der Waals surface area contributed by atoms with Crippen LogP contribution in [-0.4, -0.2) is 121 Å². The molecule has 0 spiro atoms. The number of hydrogen-bond acceptors (Lipinski definition) is 12. The topological polar surface area (TPSA) is 219 Å². The first-order valence-corrected chi connectivity index (χ1v) is 9.86. The molecule has 0 aromatic heterocycles. The molecule has 0 amide bonds. The Morgan fingerprint density at radius 3 is 2.03 bits per heavy atom. The van der Waals surface area contributed by atoms with Crippen molar-refractivity contribution in [1.82, 2.24) is 0 Å². The molecule has 2 aliphatic rings. The van der Waals surface area contributed by atoms with E-state index in [1.54, 1.807) is 0 Å². The summed E-state index contributed by atoms with van der Waals surface area (Å²) in [6.07, 6.45) is -15.0. The Kier molecular flexibility index (Phi) is 8.00. The number of carbonyl (C=O) groups is 1. The number of rotatable bonds is 7. The zero-order chi connectivity index (χ0) is 23.6. The van der Waals surface area contributed by atoms with Crippen molar-refractivity contribution in [3.8, 4) is 0 Å². The van der Waals surface area contributed by atoms with E-state index in [1.165, 1.54) is 24.3 Å². The Hall–Kier alpha value is -1.91. The monoisotopic (exact) mass is 461 g/mol. The van der Waals surface area contributed by atoms with Gasteiger partial charge in [0.25, 0.3) is 0 Å². The number of carboxylic acid groups (broad SMARTS) is 1. The summed E-state index contributed by atoms with van der Waals surface area (Å²) in [4.78, 5) is 10.9. The average Bonchev–Trinajstić information content (AvgIpc) is 2.79. The molecule has 2 heterocycles. The molecule has 32 heavy (non-hydrogen) atoms. The van der Waals surface area contributed by atoms with Crippen LogP contribution in [0.4, 0.5) is 5.69 Å². The van der Waals surface area contributed by atoms with Crippen molar-refractivity contribution < 1.29 is 59.9 Å². The molecule has 2 saturated heterocycles. The number of hydrogen-bond donors (Lipinski definition) is 9. The predicted molar refractivity (Wildman–Crippen MR) is 103 cm³/mol. The lowest BCUT2D eigenvalue weighted by Gasteiger charge is -2.46. The number of benzene rings is 1. The summed E-state index contributed by atoms with van der Waals surface area (Å²) in [5.41, 5.74) is 0.415. The van der Waals surface area contributed by atoms with E-state index in [2.05, 4.69) is 5.32 Å². The number of nitrogens with one attached hydrogen (secondary N) is 1. The molecule has 3 rings (SSSR count).